The van der Waals surface area contributed by atoms with Crippen LogP contribution in [-0.4, -0.2) is 46.0 Å². The normalized spacial score (nSPS) is 18.4. The van der Waals surface area contributed by atoms with Gasteiger partial charge in [-0.05, 0) is 25.1 Å². The van der Waals surface area contributed by atoms with Crippen molar-refractivity contribution in [3.8, 4) is 11.4 Å². The van der Waals surface area contributed by atoms with Crippen LogP contribution in [0.5, 0.6) is 0 Å². The molecular weight excluding hydrogens is 238 g/mol. The van der Waals surface area contributed by atoms with Crippen molar-refractivity contribution in [1.82, 2.24) is 25.2 Å². The van der Waals surface area contributed by atoms with Crippen molar-refractivity contribution in [1.29, 1.82) is 0 Å². The third-order valence-corrected chi connectivity index (χ3v) is 3.62. The second-order valence-corrected chi connectivity index (χ2v) is 4.85. The number of hydrogen-bond donors (Lipinski definition) is 2. The third kappa shape index (κ3) is 2.67. The maximum absolute atomic E-state index is 4.69. The number of nitrogens with one attached hydrogen (secondary N) is 2. The first-order valence-electron chi connectivity index (χ1n) is 6.76. The average molecular weight is 257 g/mol. The standard InChI is InChI=1S/C14H19N5/c1-11(19-9-7-15-8-10-19)14-17-6-4-13(18-14)12-3-2-5-16-12/h2-6,11,15-16H,7-10H2,1H3. The Morgan fingerprint density at radius 2 is 2.11 bits per heavy atom. The molecule has 1 aliphatic rings. The predicted octanol–water partition coefficient (Wildman–Crippen LogP) is 1.44. The molecule has 100 valence electrons. The SMILES string of the molecule is CC(c1nccc(-c2ccc[nH]2)n1)N1CCNCC1. The minimum absolute atomic E-state index is 0.261. The second kappa shape index (κ2) is 5.50. The third-order valence-electron chi connectivity index (χ3n) is 3.62. The fraction of sp³-hybridized carbons (Fsp3) is 0.429. The Morgan fingerprint density at radius 1 is 1.26 bits per heavy atom. The van der Waals surface area contributed by atoms with Crippen molar-refractivity contribution >= 4 is 0 Å². The van der Waals surface area contributed by atoms with Gasteiger partial charge in [-0.2, -0.15) is 0 Å². The lowest BCUT2D eigenvalue weighted by atomic mass is 10.2. The van der Waals surface area contributed by atoms with Crippen LogP contribution in [0.25, 0.3) is 11.4 Å². The van der Waals surface area contributed by atoms with Gasteiger partial charge in [-0.1, -0.05) is 0 Å². The second-order valence-electron chi connectivity index (χ2n) is 4.85. The zero-order valence-corrected chi connectivity index (χ0v) is 11.1. The largest absolute Gasteiger partial charge is 0.360 e. The summed E-state index contributed by atoms with van der Waals surface area (Å²) in [5, 5.41) is 3.37. The highest BCUT2D eigenvalue weighted by Crippen LogP contribution is 2.20. The van der Waals surface area contributed by atoms with E-state index in [1.807, 2.05) is 30.6 Å². The summed E-state index contributed by atoms with van der Waals surface area (Å²) in [7, 11) is 0. The topological polar surface area (TPSA) is 56.8 Å². The lowest BCUT2D eigenvalue weighted by molar-refractivity contribution is 0.179. The molecule has 0 radical (unpaired) electrons. The lowest BCUT2D eigenvalue weighted by Crippen LogP contribution is -2.44. The van der Waals surface area contributed by atoms with Crippen molar-refractivity contribution < 1.29 is 0 Å². The fourth-order valence-corrected chi connectivity index (χ4v) is 2.45. The van der Waals surface area contributed by atoms with E-state index in [-0.39, 0.29) is 6.04 Å². The smallest absolute Gasteiger partial charge is 0.145 e. The molecule has 3 heterocycles. The van der Waals surface area contributed by atoms with Crippen molar-refractivity contribution in [3.05, 3.63) is 36.4 Å². The number of H-pyrrole nitrogens is 1. The molecule has 0 bridgehead atoms. The van der Waals surface area contributed by atoms with E-state index < -0.39 is 0 Å². The maximum atomic E-state index is 4.69. The number of piperazine rings is 1. The lowest BCUT2D eigenvalue weighted by Gasteiger charge is -2.31. The molecular formula is C14H19N5. The minimum Gasteiger partial charge on any atom is -0.360 e. The predicted molar refractivity (Wildman–Crippen MR) is 74.7 cm³/mol. The summed E-state index contributed by atoms with van der Waals surface area (Å²) in [5.74, 6) is 0.897. The Kier molecular flexibility index (Phi) is 3.57. The van der Waals surface area contributed by atoms with Gasteiger partial charge < -0.3 is 10.3 Å². The van der Waals surface area contributed by atoms with Gasteiger partial charge in [-0.15, -0.1) is 0 Å². The van der Waals surface area contributed by atoms with Crippen LogP contribution in [0.1, 0.15) is 18.8 Å². The molecule has 0 spiro atoms. The van der Waals surface area contributed by atoms with Crippen LogP contribution in [0.15, 0.2) is 30.6 Å². The van der Waals surface area contributed by atoms with Gasteiger partial charge >= 0.3 is 0 Å². The molecule has 1 unspecified atom stereocenters. The van der Waals surface area contributed by atoms with Gasteiger partial charge in [0.05, 0.1) is 17.4 Å². The highest BCUT2D eigenvalue weighted by molar-refractivity contribution is 5.53. The minimum atomic E-state index is 0.261. The summed E-state index contributed by atoms with van der Waals surface area (Å²) >= 11 is 0. The quantitative estimate of drug-likeness (QED) is 0.873. The van der Waals surface area contributed by atoms with Gasteiger partial charge in [0.2, 0.25) is 0 Å². The van der Waals surface area contributed by atoms with Gasteiger partial charge in [0.15, 0.2) is 0 Å². The summed E-state index contributed by atoms with van der Waals surface area (Å²) in [6.45, 7) is 6.37. The zero-order chi connectivity index (χ0) is 13.1. The van der Waals surface area contributed by atoms with Crippen molar-refractivity contribution in [2.45, 2.75) is 13.0 Å². The molecule has 0 saturated carbocycles. The summed E-state index contributed by atoms with van der Waals surface area (Å²) in [6.07, 6.45) is 3.76. The molecule has 2 aromatic heterocycles. The first-order valence-corrected chi connectivity index (χ1v) is 6.76. The van der Waals surface area contributed by atoms with Crippen LogP contribution in [0.3, 0.4) is 0 Å². The van der Waals surface area contributed by atoms with E-state index >= 15 is 0 Å². The molecule has 1 fully saturated rings. The Bertz CT molecular complexity index is 516. The summed E-state index contributed by atoms with van der Waals surface area (Å²) in [4.78, 5) is 14.7. The van der Waals surface area contributed by atoms with E-state index in [0.29, 0.717) is 0 Å². The number of nitrogens with zero attached hydrogens (tertiary/aromatic N) is 3. The van der Waals surface area contributed by atoms with Crippen molar-refractivity contribution in [3.63, 3.8) is 0 Å². The van der Waals surface area contributed by atoms with Crippen LogP contribution in [0, 0.1) is 0 Å². The Balaban J connectivity index is 1.82. The van der Waals surface area contributed by atoms with Gasteiger partial charge in [-0.25, -0.2) is 9.97 Å². The number of aromatic nitrogens is 3. The molecule has 19 heavy (non-hydrogen) atoms. The van der Waals surface area contributed by atoms with Gasteiger partial charge in [0, 0.05) is 38.6 Å². The molecule has 2 N–H and O–H groups in total. The monoisotopic (exact) mass is 257 g/mol. The van der Waals surface area contributed by atoms with Crippen LogP contribution in [-0.2, 0) is 0 Å². The zero-order valence-electron chi connectivity index (χ0n) is 11.1. The summed E-state index contributed by atoms with van der Waals surface area (Å²) in [5.41, 5.74) is 1.99. The Labute approximate surface area is 113 Å². The van der Waals surface area contributed by atoms with Crippen molar-refractivity contribution in [2.24, 2.45) is 0 Å². The number of aromatic amines is 1. The van der Waals surface area contributed by atoms with Gasteiger partial charge in [0.25, 0.3) is 0 Å². The molecule has 1 atom stereocenters. The van der Waals surface area contributed by atoms with Crippen LogP contribution in [0.4, 0.5) is 0 Å². The van der Waals surface area contributed by atoms with Gasteiger partial charge in [-0.3, -0.25) is 4.90 Å². The number of rotatable bonds is 3. The van der Waals surface area contributed by atoms with Gasteiger partial charge in [0.1, 0.15) is 5.82 Å². The summed E-state index contributed by atoms with van der Waals surface area (Å²) in [6, 6.07) is 6.22. The molecule has 2 aromatic rings. The molecule has 1 aliphatic heterocycles. The average Bonchev–Trinajstić information content (AvgIpc) is 3.02. The molecule has 0 aliphatic carbocycles. The van der Waals surface area contributed by atoms with Crippen LogP contribution < -0.4 is 5.32 Å². The van der Waals surface area contributed by atoms with E-state index in [1.165, 1.54) is 0 Å². The highest BCUT2D eigenvalue weighted by Gasteiger charge is 2.20. The van der Waals surface area contributed by atoms with Crippen molar-refractivity contribution in [2.75, 3.05) is 26.2 Å². The molecule has 0 aromatic carbocycles. The molecule has 5 nitrogen and oxygen atoms in total. The van der Waals surface area contributed by atoms with Crippen LogP contribution in [0.2, 0.25) is 0 Å². The van der Waals surface area contributed by atoms with E-state index in [1.54, 1.807) is 0 Å². The van der Waals surface area contributed by atoms with E-state index in [9.17, 15) is 0 Å². The molecule has 5 heteroatoms. The number of hydrogen-bond acceptors (Lipinski definition) is 4. The highest BCUT2D eigenvalue weighted by atomic mass is 15.2. The van der Waals surface area contributed by atoms with Crippen LogP contribution >= 0.6 is 0 Å². The maximum Gasteiger partial charge on any atom is 0.145 e. The van der Waals surface area contributed by atoms with E-state index in [4.69, 9.17) is 0 Å². The van der Waals surface area contributed by atoms with E-state index in [2.05, 4.69) is 32.1 Å². The first kappa shape index (κ1) is 12.3. The summed E-state index contributed by atoms with van der Waals surface area (Å²) < 4.78 is 0. The molecule has 0 amide bonds. The Hall–Kier alpha value is -1.72. The fourth-order valence-electron chi connectivity index (χ4n) is 2.45. The first-order chi connectivity index (χ1) is 9.34. The molecule has 3 rings (SSSR count). The molecule has 1 saturated heterocycles. The Morgan fingerprint density at radius 3 is 2.84 bits per heavy atom. The van der Waals surface area contributed by atoms with E-state index in [0.717, 1.165) is 43.4 Å².